The predicted molar refractivity (Wildman–Crippen MR) is 69.3 cm³/mol. The van der Waals surface area contributed by atoms with Crippen LogP contribution in [0.5, 0.6) is 0 Å². The van der Waals surface area contributed by atoms with E-state index in [2.05, 4.69) is 10.1 Å². The molecule has 0 aliphatic heterocycles. The summed E-state index contributed by atoms with van der Waals surface area (Å²) in [5.74, 6) is -1.08. The molecule has 3 N–H and O–H groups in total. The van der Waals surface area contributed by atoms with Crippen molar-refractivity contribution in [2.45, 2.75) is 12.5 Å². The third-order valence-electron chi connectivity index (χ3n) is 2.86. The molecule has 1 aromatic rings. The van der Waals surface area contributed by atoms with E-state index in [0.717, 1.165) is 0 Å². The fraction of sp³-hybridized carbons (Fsp3) is 0.385. The van der Waals surface area contributed by atoms with Crippen LogP contribution in [-0.2, 0) is 19.9 Å². The number of hydrogen-bond acceptors (Lipinski definition) is 4. The molecule has 1 rings (SSSR count). The normalized spacial score (nSPS) is 13.3. The third kappa shape index (κ3) is 3.67. The summed E-state index contributed by atoms with van der Waals surface area (Å²) in [6.07, 6.45) is -0.928. The summed E-state index contributed by atoms with van der Waals surface area (Å²) >= 11 is 0. The smallest absolute Gasteiger partial charge is 0.404 e. The maximum absolute atomic E-state index is 13.8. The van der Waals surface area contributed by atoms with Crippen LogP contribution in [0.4, 0.5) is 9.18 Å². The molecule has 2 amide bonds. The van der Waals surface area contributed by atoms with Crippen molar-refractivity contribution in [3.8, 4) is 0 Å². The molecule has 0 fully saturated rings. The Morgan fingerprint density at radius 2 is 2.05 bits per heavy atom. The fourth-order valence-electron chi connectivity index (χ4n) is 1.66. The molecule has 0 aliphatic carbocycles. The molecule has 0 radical (unpaired) electrons. The van der Waals surface area contributed by atoms with Gasteiger partial charge in [0.2, 0.25) is 0 Å². The average molecular weight is 284 g/mol. The average Bonchev–Trinajstić information content (AvgIpc) is 2.42. The molecule has 0 aromatic heterocycles. The van der Waals surface area contributed by atoms with Crippen LogP contribution in [0, 0.1) is 5.82 Å². The van der Waals surface area contributed by atoms with Crippen LogP contribution < -0.4 is 11.1 Å². The van der Waals surface area contributed by atoms with E-state index >= 15 is 0 Å². The van der Waals surface area contributed by atoms with Gasteiger partial charge in [0, 0.05) is 12.7 Å². The van der Waals surface area contributed by atoms with Gasteiger partial charge in [0.1, 0.15) is 12.4 Å². The van der Waals surface area contributed by atoms with Gasteiger partial charge in [-0.2, -0.15) is 0 Å². The number of rotatable bonds is 6. The van der Waals surface area contributed by atoms with E-state index in [1.54, 1.807) is 6.07 Å². The molecule has 0 aliphatic rings. The third-order valence-corrected chi connectivity index (χ3v) is 2.86. The highest BCUT2D eigenvalue weighted by molar-refractivity contribution is 5.86. The molecule has 7 heteroatoms. The highest BCUT2D eigenvalue weighted by Gasteiger charge is 2.37. The van der Waals surface area contributed by atoms with Gasteiger partial charge in [-0.1, -0.05) is 18.2 Å². The Kier molecular flexibility index (Phi) is 5.45. The zero-order valence-corrected chi connectivity index (χ0v) is 11.3. The lowest BCUT2D eigenvalue weighted by Gasteiger charge is -2.27. The van der Waals surface area contributed by atoms with Crippen molar-refractivity contribution in [3.05, 3.63) is 35.6 Å². The lowest BCUT2D eigenvalue weighted by Crippen LogP contribution is -2.45. The predicted octanol–water partition coefficient (Wildman–Crippen LogP) is 0.899. The Morgan fingerprint density at radius 1 is 1.40 bits per heavy atom. The number of ether oxygens (including phenoxy) is 2. The number of nitrogens with two attached hydrogens (primary N) is 1. The molecule has 6 nitrogen and oxygen atoms in total. The van der Waals surface area contributed by atoms with Crippen LogP contribution in [0.3, 0.4) is 0 Å². The van der Waals surface area contributed by atoms with Crippen molar-refractivity contribution in [2.75, 3.05) is 20.3 Å². The summed E-state index contributed by atoms with van der Waals surface area (Å²) in [5, 5.41) is 2.49. The van der Waals surface area contributed by atoms with Crippen molar-refractivity contribution in [1.82, 2.24) is 5.32 Å². The van der Waals surface area contributed by atoms with Crippen molar-refractivity contribution >= 4 is 12.0 Å². The van der Waals surface area contributed by atoms with E-state index in [1.807, 2.05) is 0 Å². The molecule has 0 spiro atoms. The standard InChI is InChI=1S/C13H17FN2O4/c1-13(19-2,9-5-3-4-6-10(9)14)11(17)16-7-8-20-12(15)18/h3-6H,7-8H2,1-2H3,(H2,15,18)(H,16,17)/t13-/m1/s1. The fourth-order valence-corrected chi connectivity index (χ4v) is 1.66. The maximum atomic E-state index is 13.8. The van der Waals surface area contributed by atoms with Gasteiger partial charge >= 0.3 is 6.09 Å². The van der Waals surface area contributed by atoms with Crippen molar-refractivity contribution in [1.29, 1.82) is 0 Å². The SMILES string of the molecule is CO[C@@](C)(C(=O)NCCOC(N)=O)c1ccccc1F. The molecular weight excluding hydrogens is 267 g/mol. The first-order valence-corrected chi connectivity index (χ1v) is 5.92. The molecule has 0 bridgehead atoms. The molecule has 0 saturated carbocycles. The van der Waals surface area contributed by atoms with Crippen molar-refractivity contribution in [2.24, 2.45) is 5.73 Å². The minimum absolute atomic E-state index is 0.0508. The number of halogens is 1. The monoisotopic (exact) mass is 284 g/mol. The largest absolute Gasteiger partial charge is 0.448 e. The number of carbonyl (C=O) groups is 2. The van der Waals surface area contributed by atoms with Crippen LogP contribution in [-0.4, -0.2) is 32.3 Å². The summed E-state index contributed by atoms with van der Waals surface area (Å²) in [6.45, 7) is 1.43. The Morgan fingerprint density at radius 3 is 2.60 bits per heavy atom. The number of methoxy groups -OCH3 is 1. The summed E-state index contributed by atoms with van der Waals surface area (Å²) in [4.78, 5) is 22.5. The number of hydrogen-bond donors (Lipinski definition) is 2. The minimum Gasteiger partial charge on any atom is -0.448 e. The Balaban J connectivity index is 2.76. The number of carbonyl (C=O) groups excluding carboxylic acids is 2. The number of benzene rings is 1. The van der Waals surface area contributed by atoms with Crippen molar-refractivity contribution < 1.29 is 23.5 Å². The molecule has 0 saturated heterocycles. The van der Waals surface area contributed by atoms with E-state index in [0.29, 0.717) is 0 Å². The maximum Gasteiger partial charge on any atom is 0.404 e. The zero-order chi connectivity index (χ0) is 15.2. The lowest BCUT2D eigenvalue weighted by atomic mass is 9.94. The van der Waals surface area contributed by atoms with Gasteiger partial charge in [-0.3, -0.25) is 4.79 Å². The molecule has 110 valence electrons. The Hall–Kier alpha value is -2.15. The summed E-state index contributed by atoms with van der Waals surface area (Å²) in [5.41, 5.74) is 3.43. The van der Waals surface area contributed by atoms with Gasteiger partial charge < -0.3 is 20.5 Å². The molecule has 20 heavy (non-hydrogen) atoms. The second kappa shape index (κ2) is 6.85. The van der Waals surface area contributed by atoms with Gasteiger partial charge in [-0.05, 0) is 13.0 Å². The Labute approximate surface area is 116 Å². The molecule has 0 heterocycles. The number of amides is 2. The first kappa shape index (κ1) is 15.9. The van der Waals surface area contributed by atoms with E-state index < -0.39 is 23.4 Å². The summed E-state index contributed by atoms with van der Waals surface area (Å²) < 4.78 is 23.4. The lowest BCUT2D eigenvalue weighted by molar-refractivity contribution is -0.143. The zero-order valence-electron chi connectivity index (χ0n) is 11.3. The number of primary amides is 1. The molecular formula is C13H17FN2O4. The van der Waals surface area contributed by atoms with Gasteiger partial charge in [-0.25, -0.2) is 9.18 Å². The van der Waals surface area contributed by atoms with Crippen LogP contribution in [0.1, 0.15) is 12.5 Å². The quantitative estimate of drug-likeness (QED) is 0.759. The highest BCUT2D eigenvalue weighted by atomic mass is 19.1. The first-order valence-electron chi connectivity index (χ1n) is 5.92. The van der Waals surface area contributed by atoms with E-state index in [1.165, 1.54) is 32.2 Å². The summed E-state index contributed by atoms with van der Waals surface area (Å²) in [6, 6.07) is 5.85. The second-order valence-corrected chi connectivity index (χ2v) is 4.14. The van der Waals surface area contributed by atoms with Crippen LogP contribution in [0.25, 0.3) is 0 Å². The first-order chi connectivity index (χ1) is 9.41. The van der Waals surface area contributed by atoms with Gasteiger partial charge in [0.15, 0.2) is 5.60 Å². The Bertz CT molecular complexity index is 495. The van der Waals surface area contributed by atoms with E-state index in [9.17, 15) is 14.0 Å². The number of nitrogens with one attached hydrogen (secondary N) is 1. The topological polar surface area (TPSA) is 90.7 Å². The second-order valence-electron chi connectivity index (χ2n) is 4.14. The van der Waals surface area contributed by atoms with Gasteiger partial charge in [-0.15, -0.1) is 0 Å². The van der Waals surface area contributed by atoms with Crippen molar-refractivity contribution in [3.63, 3.8) is 0 Å². The van der Waals surface area contributed by atoms with Gasteiger partial charge in [0.25, 0.3) is 5.91 Å². The van der Waals surface area contributed by atoms with E-state index in [4.69, 9.17) is 10.5 Å². The van der Waals surface area contributed by atoms with E-state index in [-0.39, 0.29) is 18.7 Å². The summed E-state index contributed by atoms with van der Waals surface area (Å²) in [7, 11) is 1.31. The van der Waals surface area contributed by atoms with Gasteiger partial charge in [0.05, 0.1) is 6.54 Å². The molecule has 0 unspecified atom stereocenters. The molecule has 1 atom stereocenters. The minimum atomic E-state index is -1.47. The van der Waals surface area contributed by atoms with Crippen LogP contribution >= 0.6 is 0 Å². The van der Waals surface area contributed by atoms with Crippen LogP contribution in [0.2, 0.25) is 0 Å². The molecule has 1 aromatic carbocycles. The highest BCUT2D eigenvalue weighted by Crippen LogP contribution is 2.27. The van der Waals surface area contributed by atoms with Crippen LogP contribution in [0.15, 0.2) is 24.3 Å².